The molecule has 0 radical (unpaired) electrons. The molecule has 5 heteroatoms. The van der Waals surface area contributed by atoms with Crippen LogP contribution >= 0.6 is 0 Å². The summed E-state index contributed by atoms with van der Waals surface area (Å²) in [5, 5.41) is 6.04. The Morgan fingerprint density at radius 3 is 2.29 bits per heavy atom. The number of nitrogens with one attached hydrogen (secondary N) is 2. The van der Waals surface area contributed by atoms with Gasteiger partial charge in [-0.1, -0.05) is 34.6 Å². The number of carbonyl (C=O) groups excluding carboxylic acids is 2. The van der Waals surface area contributed by atoms with Gasteiger partial charge in [-0.05, 0) is 25.7 Å². The van der Waals surface area contributed by atoms with Gasteiger partial charge in [0.15, 0.2) is 5.78 Å². The number of unbranched alkanes of at least 4 members (excludes halogenated alkanes) is 1. The topological polar surface area (TPSA) is 67.4 Å². The van der Waals surface area contributed by atoms with E-state index in [1.165, 1.54) is 0 Å². The van der Waals surface area contributed by atoms with Crippen molar-refractivity contribution >= 4 is 11.9 Å². The second kappa shape index (κ2) is 11.5. The second-order valence-electron chi connectivity index (χ2n) is 5.99. The minimum absolute atomic E-state index is 0.0448. The molecule has 0 spiro atoms. The van der Waals surface area contributed by atoms with E-state index in [0.717, 1.165) is 25.7 Å². The molecule has 0 aromatic carbocycles. The van der Waals surface area contributed by atoms with E-state index in [-0.39, 0.29) is 23.8 Å². The van der Waals surface area contributed by atoms with Gasteiger partial charge in [-0.15, -0.1) is 0 Å². The van der Waals surface area contributed by atoms with Gasteiger partial charge >= 0.3 is 6.09 Å². The predicted molar refractivity (Wildman–Crippen MR) is 85.4 cm³/mol. The minimum Gasteiger partial charge on any atom is -0.450 e. The van der Waals surface area contributed by atoms with Crippen LogP contribution in [0.1, 0.15) is 60.3 Å². The minimum atomic E-state index is -0.355. The monoisotopic (exact) mass is 300 g/mol. The zero-order valence-corrected chi connectivity index (χ0v) is 14.2. The van der Waals surface area contributed by atoms with Crippen molar-refractivity contribution in [1.29, 1.82) is 0 Å². The van der Waals surface area contributed by atoms with Gasteiger partial charge in [-0.3, -0.25) is 4.79 Å². The highest BCUT2D eigenvalue weighted by molar-refractivity contribution is 5.85. The van der Waals surface area contributed by atoms with E-state index in [4.69, 9.17) is 4.74 Å². The Morgan fingerprint density at radius 1 is 1.10 bits per heavy atom. The fraction of sp³-hybridized carbons (Fsp3) is 0.875. The van der Waals surface area contributed by atoms with Gasteiger partial charge < -0.3 is 15.4 Å². The number of carbonyl (C=O) groups is 2. The molecular weight excluding hydrogens is 268 g/mol. The molecule has 2 N–H and O–H groups in total. The summed E-state index contributed by atoms with van der Waals surface area (Å²) in [6.45, 7) is 11.0. The maximum atomic E-state index is 12.1. The summed E-state index contributed by atoms with van der Waals surface area (Å²) in [6, 6.07) is 0.205. The molecule has 0 aromatic rings. The molecule has 0 aliphatic carbocycles. The van der Waals surface area contributed by atoms with Crippen LogP contribution < -0.4 is 10.6 Å². The van der Waals surface area contributed by atoms with E-state index >= 15 is 0 Å². The first-order chi connectivity index (χ1) is 9.88. The van der Waals surface area contributed by atoms with Crippen LogP contribution in [0.15, 0.2) is 0 Å². The Labute approximate surface area is 129 Å². The molecule has 1 atom stereocenters. The van der Waals surface area contributed by atoms with Gasteiger partial charge in [0.2, 0.25) is 0 Å². The lowest BCUT2D eigenvalue weighted by molar-refractivity contribution is -0.124. The van der Waals surface area contributed by atoms with E-state index in [1.807, 2.05) is 34.6 Å². The molecule has 0 bridgehead atoms. The van der Waals surface area contributed by atoms with Crippen molar-refractivity contribution in [3.8, 4) is 0 Å². The lowest BCUT2D eigenvalue weighted by Crippen LogP contribution is -2.42. The van der Waals surface area contributed by atoms with Crippen LogP contribution in [0.2, 0.25) is 0 Å². The molecule has 0 aliphatic rings. The molecule has 0 aliphatic heterocycles. The summed E-state index contributed by atoms with van der Waals surface area (Å²) >= 11 is 0. The average molecular weight is 300 g/mol. The number of ether oxygens (including phenoxy) is 1. The average Bonchev–Trinajstić information content (AvgIpc) is 2.42. The molecule has 0 aromatic heterocycles. The molecular formula is C16H32N2O3. The van der Waals surface area contributed by atoms with Crippen molar-refractivity contribution in [2.24, 2.45) is 5.92 Å². The zero-order chi connectivity index (χ0) is 16.3. The first-order valence-electron chi connectivity index (χ1n) is 8.08. The van der Waals surface area contributed by atoms with Crippen molar-refractivity contribution in [3.05, 3.63) is 0 Å². The smallest absolute Gasteiger partial charge is 0.407 e. The number of rotatable bonds is 11. The molecule has 1 unspecified atom stereocenters. The van der Waals surface area contributed by atoms with Crippen molar-refractivity contribution in [2.75, 3.05) is 13.2 Å². The van der Waals surface area contributed by atoms with E-state index < -0.39 is 0 Å². The fourth-order valence-corrected chi connectivity index (χ4v) is 2.02. The normalized spacial score (nSPS) is 12.5. The number of alkyl carbamates (subject to hydrolysis) is 1. The number of hydrogen-bond acceptors (Lipinski definition) is 4. The number of ketones is 1. The summed E-state index contributed by atoms with van der Waals surface area (Å²) in [5.41, 5.74) is 0. The summed E-state index contributed by atoms with van der Waals surface area (Å²) in [5.74, 6) is 0.308. The van der Waals surface area contributed by atoms with Crippen LogP contribution in [0.4, 0.5) is 4.79 Å². The molecule has 5 nitrogen and oxygen atoms in total. The zero-order valence-electron chi connectivity index (χ0n) is 14.2. The molecule has 0 fully saturated rings. The first-order valence-corrected chi connectivity index (χ1v) is 8.08. The first kappa shape index (κ1) is 19.9. The van der Waals surface area contributed by atoms with Crippen LogP contribution in [-0.4, -0.2) is 37.1 Å². The highest BCUT2D eigenvalue weighted by atomic mass is 16.5. The standard InChI is InChI=1S/C16H32N2O3/c1-6-11-21-16(20)17-10-8-7-9-14(18-13(4)5)15(19)12(2)3/h12-14,18H,6-11H2,1-5H3,(H,17,20). The van der Waals surface area contributed by atoms with E-state index in [1.54, 1.807) is 0 Å². The Hall–Kier alpha value is -1.10. The maximum absolute atomic E-state index is 12.1. The molecule has 124 valence electrons. The fourth-order valence-electron chi connectivity index (χ4n) is 2.02. The number of hydrogen-bond donors (Lipinski definition) is 2. The molecule has 0 heterocycles. The van der Waals surface area contributed by atoms with Crippen molar-refractivity contribution in [2.45, 2.75) is 72.4 Å². The third kappa shape index (κ3) is 10.3. The van der Waals surface area contributed by atoms with Crippen molar-refractivity contribution < 1.29 is 14.3 Å². The Balaban J connectivity index is 3.93. The number of amides is 1. The van der Waals surface area contributed by atoms with Gasteiger partial charge in [0.05, 0.1) is 12.6 Å². The SMILES string of the molecule is CCCOC(=O)NCCCCC(NC(C)C)C(=O)C(C)C. The summed E-state index contributed by atoms with van der Waals surface area (Å²) in [7, 11) is 0. The van der Waals surface area contributed by atoms with Gasteiger partial charge in [0.1, 0.15) is 0 Å². The van der Waals surface area contributed by atoms with Gasteiger partial charge in [-0.25, -0.2) is 4.79 Å². The van der Waals surface area contributed by atoms with Crippen LogP contribution in [0.5, 0.6) is 0 Å². The maximum Gasteiger partial charge on any atom is 0.407 e. The van der Waals surface area contributed by atoms with E-state index in [9.17, 15) is 9.59 Å². The lowest BCUT2D eigenvalue weighted by Gasteiger charge is -2.22. The second-order valence-corrected chi connectivity index (χ2v) is 5.99. The van der Waals surface area contributed by atoms with Gasteiger partial charge in [0, 0.05) is 18.5 Å². The van der Waals surface area contributed by atoms with E-state index in [0.29, 0.717) is 19.2 Å². The highest BCUT2D eigenvalue weighted by Gasteiger charge is 2.21. The molecule has 1 amide bonds. The molecule has 0 saturated heterocycles. The van der Waals surface area contributed by atoms with Crippen LogP contribution in [-0.2, 0) is 9.53 Å². The van der Waals surface area contributed by atoms with Crippen molar-refractivity contribution in [3.63, 3.8) is 0 Å². The summed E-state index contributed by atoms with van der Waals surface area (Å²) in [6.07, 6.45) is 3.03. The van der Waals surface area contributed by atoms with Gasteiger partial charge in [0.25, 0.3) is 0 Å². The largest absolute Gasteiger partial charge is 0.450 e. The predicted octanol–water partition coefficient (Wildman–Crippen LogP) is 2.88. The quantitative estimate of drug-likeness (QED) is 0.576. The molecule has 0 saturated carbocycles. The van der Waals surface area contributed by atoms with Crippen LogP contribution in [0.3, 0.4) is 0 Å². The Morgan fingerprint density at radius 2 is 1.76 bits per heavy atom. The summed E-state index contributed by atoms with van der Waals surface area (Å²) in [4.78, 5) is 23.4. The molecule has 0 rings (SSSR count). The van der Waals surface area contributed by atoms with Crippen LogP contribution in [0, 0.1) is 5.92 Å². The third-order valence-corrected chi connectivity index (χ3v) is 3.07. The van der Waals surface area contributed by atoms with Gasteiger partial charge in [-0.2, -0.15) is 0 Å². The third-order valence-electron chi connectivity index (χ3n) is 3.07. The molecule has 21 heavy (non-hydrogen) atoms. The van der Waals surface area contributed by atoms with Crippen molar-refractivity contribution in [1.82, 2.24) is 10.6 Å². The highest BCUT2D eigenvalue weighted by Crippen LogP contribution is 2.08. The van der Waals surface area contributed by atoms with Crippen LogP contribution in [0.25, 0.3) is 0 Å². The Kier molecular flexibility index (Phi) is 10.9. The summed E-state index contributed by atoms with van der Waals surface area (Å²) < 4.78 is 4.92. The Bertz CT molecular complexity index is 304. The number of Topliss-reactive ketones (excluding diaryl/α,β-unsaturated/α-hetero) is 1. The lowest BCUT2D eigenvalue weighted by atomic mass is 9.96. The van der Waals surface area contributed by atoms with E-state index in [2.05, 4.69) is 10.6 Å².